The fourth-order valence-corrected chi connectivity index (χ4v) is 1.62. The molecule has 19 heavy (non-hydrogen) atoms. The zero-order valence-corrected chi connectivity index (χ0v) is 11.1. The quantitative estimate of drug-likeness (QED) is 0.410. The molecule has 100 valence electrons. The summed E-state index contributed by atoms with van der Waals surface area (Å²) in [7, 11) is 1.72. The number of pyridine rings is 1. The van der Waals surface area contributed by atoms with Crippen molar-refractivity contribution in [3.8, 4) is 5.88 Å². The maximum absolute atomic E-state index is 10.9. The van der Waals surface area contributed by atoms with Crippen molar-refractivity contribution < 1.29 is 26.6 Å². The van der Waals surface area contributed by atoms with E-state index in [4.69, 9.17) is 4.74 Å². The molecule has 1 heterocycles. The van der Waals surface area contributed by atoms with E-state index in [1.807, 2.05) is 30.3 Å². The van der Waals surface area contributed by atoms with Crippen molar-refractivity contribution in [1.29, 1.82) is 0 Å². The summed E-state index contributed by atoms with van der Waals surface area (Å²) in [6.45, 7) is 0.305. The van der Waals surface area contributed by atoms with Crippen molar-refractivity contribution in [1.82, 2.24) is 0 Å². The van der Waals surface area contributed by atoms with Crippen LogP contribution in [0.2, 0.25) is 0 Å². The van der Waals surface area contributed by atoms with Crippen LogP contribution in [0.3, 0.4) is 0 Å². The molecule has 6 heteroatoms. The van der Waals surface area contributed by atoms with E-state index < -0.39 is 4.92 Å². The molecule has 0 N–H and O–H groups in total. The van der Waals surface area contributed by atoms with Crippen molar-refractivity contribution in [3.63, 3.8) is 0 Å². The maximum Gasteiger partial charge on any atom is 0.448 e. The van der Waals surface area contributed by atoms with E-state index in [1.165, 1.54) is 6.07 Å². The van der Waals surface area contributed by atoms with Crippen LogP contribution < -0.4 is 21.7 Å². The zero-order chi connectivity index (χ0) is 13.0. The van der Waals surface area contributed by atoms with Gasteiger partial charge in [-0.3, -0.25) is 10.1 Å². The second-order valence-electron chi connectivity index (χ2n) is 3.84. The van der Waals surface area contributed by atoms with Crippen molar-refractivity contribution in [2.75, 3.05) is 0 Å². The molecule has 1 aromatic heterocycles. The Labute approximate surface area is 117 Å². The van der Waals surface area contributed by atoms with Gasteiger partial charge in [0.15, 0.2) is 6.20 Å². The lowest BCUT2D eigenvalue weighted by molar-refractivity contribution is -0.680. The van der Waals surface area contributed by atoms with Gasteiger partial charge in [-0.05, 0) is 5.56 Å². The molecule has 0 aliphatic heterocycles. The predicted octanol–water partition coefficient (Wildman–Crippen LogP) is -0.998. The van der Waals surface area contributed by atoms with Gasteiger partial charge in [0.25, 0.3) is 0 Å². The molecule has 0 unspecified atom stereocenters. The van der Waals surface area contributed by atoms with Crippen LogP contribution in [-0.2, 0) is 13.7 Å². The molecule has 0 saturated heterocycles. The summed E-state index contributed by atoms with van der Waals surface area (Å²) < 4.78 is 7.13. The van der Waals surface area contributed by atoms with Gasteiger partial charge in [-0.1, -0.05) is 30.3 Å². The normalized spacial score (nSPS) is 9.53. The number of rotatable bonds is 4. The first-order chi connectivity index (χ1) is 8.68. The van der Waals surface area contributed by atoms with Gasteiger partial charge in [0.1, 0.15) is 13.7 Å². The molecule has 1 aromatic carbocycles. The minimum atomic E-state index is -0.444. The number of halogens is 1. The molecule has 0 aliphatic rings. The topological polar surface area (TPSA) is 56.2 Å². The summed E-state index contributed by atoms with van der Waals surface area (Å²) in [6.07, 6.45) is 1.72. The Morgan fingerprint density at radius 2 is 1.89 bits per heavy atom. The van der Waals surface area contributed by atoms with Crippen LogP contribution in [0.15, 0.2) is 48.7 Å². The van der Waals surface area contributed by atoms with Crippen molar-refractivity contribution in [2.45, 2.75) is 6.61 Å². The number of aromatic nitrogens is 1. The average molecular weight is 281 g/mol. The first-order valence-corrected chi connectivity index (χ1v) is 5.48. The van der Waals surface area contributed by atoms with Crippen LogP contribution in [0.4, 0.5) is 5.69 Å². The fourth-order valence-electron chi connectivity index (χ4n) is 1.62. The molecule has 2 rings (SSSR count). The maximum atomic E-state index is 10.9. The lowest BCUT2D eigenvalue weighted by atomic mass is 10.2. The van der Waals surface area contributed by atoms with Crippen LogP contribution in [0.5, 0.6) is 5.88 Å². The fraction of sp³-hybridized carbons (Fsp3) is 0.154. The molecule has 0 saturated carbocycles. The molecule has 0 amide bonds. The van der Waals surface area contributed by atoms with Crippen LogP contribution in [0.25, 0.3) is 0 Å². The minimum Gasteiger partial charge on any atom is -1.00 e. The Morgan fingerprint density at radius 3 is 2.53 bits per heavy atom. The molecule has 0 fully saturated rings. The Kier molecular flexibility index (Phi) is 5.26. The van der Waals surface area contributed by atoms with E-state index >= 15 is 0 Å². The van der Waals surface area contributed by atoms with Gasteiger partial charge in [0, 0.05) is 12.1 Å². The van der Waals surface area contributed by atoms with E-state index in [2.05, 4.69) is 0 Å². The molecular formula is C13H13ClN2O3. The number of ether oxygens (including phenoxy) is 1. The molecule has 2 aromatic rings. The molecule has 0 bridgehead atoms. The highest BCUT2D eigenvalue weighted by Crippen LogP contribution is 2.22. The van der Waals surface area contributed by atoms with Gasteiger partial charge in [-0.25, -0.2) is 0 Å². The Morgan fingerprint density at radius 1 is 1.21 bits per heavy atom. The summed E-state index contributed by atoms with van der Waals surface area (Å²) in [5.74, 6) is 0.256. The molecule has 5 nitrogen and oxygen atoms in total. The van der Waals surface area contributed by atoms with E-state index in [0.29, 0.717) is 6.61 Å². The number of benzene rings is 1. The van der Waals surface area contributed by atoms with Crippen molar-refractivity contribution in [3.05, 3.63) is 64.3 Å². The monoisotopic (exact) mass is 280 g/mol. The van der Waals surface area contributed by atoms with E-state index in [0.717, 1.165) is 5.56 Å². The Balaban J connectivity index is 0.00000180. The molecular weight excluding hydrogens is 268 g/mol. The van der Waals surface area contributed by atoms with Gasteiger partial charge in [-0.15, -0.1) is 0 Å². The summed E-state index contributed by atoms with van der Waals surface area (Å²) in [6, 6.07) is 12.6. The SMILES string of the molecule is C[n+]1cccc([N+](=O)[O-])c1OCc1ccccc1.[Cl-]. The summed E-state index contributed by atoms with van der Waals surface area (Å²) in [5.41, 5.74) is 0.937. The number of hydrogen-bond donors (Lipinski definition) is 0. The van der Waals surface area contributed by atoms with Gasteiger partial charge in [-0.2, -0.15) is 4.57 Å². The van der Waals surface area contributed by atoms with E-state index in [-0.39, 0.29) is 24.0 Å². The highest BCUT2D eigenvalue weighted by molar-refractivity contribution is 5.36. The summed E-state index contributed by atoms with van der Waals surface area (Å²) in [4.78, 5) is 10.5. The van der Waals surface area contributed by atoms with Crippen LogP contribution in [0.1, 0.15) is 5.56 Å². The number of nitro groups is 1. The Bertz CT molecular complexity index is 561. The van der Waals surface area contributed by atoms with E-state index in [9.17, 15) is 10.1 Å². The number of hydrogen-bond acceptors (Lipinski definition) is 3. The zero-order valence-electron chi connectivity index (χ0n) is 10.3. The average Bonchev–Trinajstić information content (AvgIpc) is 2.38. The molecule has 0 aliphatic carbocycles. The second kappa shape index (κ2) is 6.70. The summed E-state index contributed by atoms with van der Waals surface area (Å²) >= 11 is 0. The smallest absolute Gasteiger partial charge is 0.448 e. The van der Waals surface area contributed by atoms with Gasteiger partial charge in [0.05, 0.1) is 4.92 Å². The highest BCUT2D eigenvalue weighted by atomic mass is 35.5. The third kappa shape index (κ3) is 3.66. The Hall–Kier alpha value is -2.14. The molecule has 0 atom stereocenters. The van der Waals surface area contributed by atoms with Gasteiger partial charge >= 0.3 is 11.6 Å². The second-order valence-corrected chi connectivity index (χ2v) is 3.84. The molecule has 0 spiro atoms. The summed E-state index contributed by atoms with van der Waals surface area (Å²) in [5, 5.41) is 10.9. The third-order valence-corrected chi connectivity index (χ3v) is 2.52. The standard InChI is InChI=1S/C13H13N2O3.ClH/c1-14-9-5-8-12(15(16)17)13(14)18-10-11-6-3-2-4-7-11;/h2-9H,10H2,1H3;1H/q+1;/p-1. The minimum absolute atomic E-state index is 0. The first-order valence-electron chi connectivity index (χ1n) is 5.48. The van der Waals surface area contributed by atoms with Crippen molar-refractivity contribution >= 4 is 5.69 Å². The lowest BCUT2D eigenvalue weighted by Crippen LogP contribution is -3.00. The predicted molar refractivity (Wildman–Crippen MR) is 65.0 cm³/mol. The van der Waals surface area contributed by atoms with Crippen molar-refractivity contribution in [2.24, 2.45) is 7.05 Å². The van der Waals surface area contributed by atoms with Crippen LogP contribution >= 0.6 is 0 Å². The lowest BCUT2D eigenvalue weighted by Gasteiger charge is -2.04. The van der Waals surface area contributed by atoms with Gasteiger partial charge < -0.3 is 17.1 Å². The van der Waals surface area contributed by atoms with Crippen LogP contribution in [-0.4, -0.2) is 4.92 Å². The number of aryl methyl sites for hydroxylation is 1. The highest BCUT2D eigenvalue weighted by Gasteiger charge is 2.24. The van der Waals surface area contributed by atoms with E-state index in [1.54, 1.807) is 23.9 Å². The third-order valence-electron chi connectivity index (χ3n) is 2.52. The van der Waals surface area contributed by atoms with Crippen LogP contribution in [0, 0.1) is 10.1 Å². The first kappa shape index (κ1) is 14.9. The largest absolute Gasteiger partial charge is 1.00 e. The molecule has 0 radical (unpaired) electrons. The number of nitrogens with zero attached hydrogens (tertiary/aromatic N) is 2. The van der Waals surface area contributed by atoms with Gasteiger partial charge in [0.2, 0.25) is 0 Å².